The lowest BCUT2D eigenvalue weighted by molar-refractivity contribution is 0.374. The van der Waals surface area contributed by atoms with Gasteiger partial charge in [0.1, 0.15) is 23.4 Å². The van der Waals surface area contributed by atoms with Crippen molar-refractivity contribution in [2.24, 2.45) is 4.99 Å². The average molecular weight is 481 g/mol. The van der Waals surface area contributed by atoms with Gasteiger partial charge in [-0.15, -0.1) is 0 Å². The largest absolute Gasteiger partial charge is 0.508 e. The van der Waals surface area contributed by atoms with Crippen molar-refractivity contribution in [1.82, 2.24) is 5.32 Å². The smallest absolute Gasteiger partial charge is 0.130 e. The third kappa shape index (κ3) is 4.60. The van der Waals surface area contributed by atoms with Crippen LogP contribution in [0, 0.1) is 6.92 Å². The van der Waals surface area contributed by atoms with E-state index in [0.717, 1.165) is 38.4 Å². The fraction of sp³-hybridized carbons (Fsp3) is 0.240. The van der Waals surface area contributed by atoms with Gasteiger partial charge in [-0.2, -0.15) is 0 Å². The number of nitrogens with one attached hydrogen (secondary N) is 1. The zero-order valence-electron chi connectivity index (χ0n) is 17.7. The fourth-order valence-corrected chi connectivity index (χ4v) is 4.22. The number of benzene rings is 3. The topological polar surface area (TPSA) is 63.1 Å². The van der Waals surface area contributed by atoms with Gasteiger partial charge in [0.15, 0.2) is 0 Å². The Labute approximate surface area is 190 Å². The van der Waals surface area contributed by atoms with Crippen molar-refractivity contribution in [2.75, 3.05) is 14.2 Å². The Hall–Kier alpha value is -2.83. The van der Waals surface area contributed by atoms with E-state index in [0.29, 0.717) is 6.42 Å². The molecule has 4 rings (SSSR count). The Morgan fingerprint density at radius 1 is 0.968 bits per heavy atom. The van der Waals surface area contributed by atoms with Crippen LogP contribution in [-0.2, 0) is 0 Å². The standard InChI is InChI=1S/C25H25BrN2O3/c1-15-4-6-16(7-5-15)21-14-22(19-12-17(26)8-10-23(19)29)28-25(27-21)20-13-18(30-2)9-11-24(20)31-3/h4-13,22,25,28-29H,14H2,1-3H3/t22-,25+/m0/s1. The highest BCUT2D eigenvalue weighted by Gasteiger charge is 2.29. The molecule has 5 nitrogen and oxygen atoms in total. The number of ether oxygens (including phenoxy) is 2. The molecule has 6 heteroatoms. The van der Waals surface area contributed by atoms with E-state index >= 15 is 0 Å². The molecule has 160 valence electrons. The number of methoxy groups -OCH3 is 2. The van der Waals surface area contributed by atoms with Crippen molar-refractivity contribution in [3.8, 4) is 17.2 Å². The Bertz CT molecular complexity index is 1110. The molecule has 0 amide bonds. The SMILES string of the molecule is COc1ccc(OC)c([C@@H]2N=C(c3ccc(C)cc3)C[C@@H](c3cc(Br)ccc3O)N2)c1. The molecule has 1 aliphatic rings. The molecule has 2 N–H and O–H groups in total. The molecule has 0 saturated carbocycles. The van der Waals surface area contributed by atoms with Gasteiger partial charge < -0.3 is 14.6 Å². The normalized spacial score (nSPS) is 18.4. The lowest BCUT2D eigenvalue weighted by atomic mass is 9.93. The molecule has 0 aliphatic carbocycles. The molecule has 3 aromatic carbocycles. The molecule has 0 radical (unpaired) electrons. The summed E-state index contributed by atoms with van der Waals surface area (Å²) in [6, 6.07) is 19.4. The number of hydrogen-bond donors (Lipinski definition) is 2. The summed E-state index contributed by atoms with van der Waals surface area (Å²) < 4.78 is 12.0. The van der Waals surface area contributed by atoms with Crippen molar-refractivity contribution < 1.29 is 14.6 Å². The van der Waals surface area contributed by atoms with Gasteiger partial charge in [-0.05, 0) is 48.9 Å². The quantitative estimate of drug-likeness (QED) is 0.491. The molecule has 31 heavy (non-hydrogen) atoms. The van der Waals surface area contributed by atoms with Crippen LogP contribution in [0.1, 0.15) is 40.9 Å². The second-order valence-electron chi connectivity index (χ2n) is 7.58. The van der Waals surface area contributed by atoms with E-state index in [2.05, 4.69) is 52.4 Å². The van der Waals surface area contributed by atoms with Crippen molar-refractivity contribution in [3.63, 3.8) is 0 Å². The highest BCUT2D eigenvalue weighted by Crippen LogP contribution is 2.38. The molecular weight excluding hydrogens is 456 g/mol. The minimum atomic E-state index is -0.363. The maximum Gasteiger partial charge on any atom is 0.130 e. The summed E-state index contributed by atoms with van der Waals surface area (Å²) in [6.07, 6.45) is 0.286. The van der Waals surface area contributed by atoms with Gasteiger partial charge in [0.25, 0.3) is 0 Å². The van der Waals surface area contributed by atoms with E-state index in [-0.39, 0.29) is 18.0 Å². The lowest BCUT2D eigenvalue weighted by Crippen LogP contribution is -2.33. The number of aliphatic imine (C=N–C) groups is 1. The van der Waals surface area contributed by atoms with Crippen LogP contribution in [0.25, 0.3) is 0 Å². The average Bonchev–Trinajstić information content (AvgIpc) is 2.80. The first-order valence-corrected chi connectivity index (χ1v) is 10.9. The van der Waals surface area contributed by atoms with Gasteiger partial charge in [0.2, 0.25) is 0 Å². The minimum absolute atomic E-state index is 0.132. The van der Waals surface area contributed by atoms with Crippen LogP contribution >= 0.6 is 15.9 Å². The Kier molecular flexibility index (Phi) is 6.30. The Morgan fingerprint density at radius 3 is 2.45 bits per heavy atom. The molecule has 1 aliphatic heterocycles. The van der Waals surface area contributed by atoms with E-state index in [9.17, 15) is 5.11 Å². The van der Waals surface area contributed by atoms with Gasteiger partial charge in [-0.1, -0.05) is 45.8 Å². The number of halogens is 1. The fourth-order valence-electron chi connectivity index (χ4n) is 3.84. The summed E-state index contributed by atoms with van der Waals surface area (Å²) in [5, 5.41) is 14.2. The number of rotatable bonds is 5. The molecule has 0 unspecified atom stereocenters. The van der Waals surface area contributed by atoms with Crippen LogP contribution in [0.3, 0.4) is 0 Å². The summed E-state index contributed by atoms with van der Waals surface area (Å²) in [6.45, 7) is 2.07. The van der Waals surface area contributed by atoms with E-state index in [1.54, 1.807) is 20.3 Å². The van der Waals surface area contributed by atoms with E-state index in [1.165, 1.54) is 5.56 Å². The summed E-state index contributed by atoms with van der Waals surface area (Å²) in [5.74, 6) is 1.71. The van der Waals surface area contributed by atoms with Crippen LogP contribution in [0.2, 0.25) is 0 Å². The van der Waals surface area contributed by atoms with Crippen LogP contribution in [-0.4, -0.2) is 25.0 Å². The number of nitrogens with zero attached hydrogens (tertiary/aromatic N) is 1. The second kappa shape index (κ2) is 9.12. The van der Waals surface area contributed by atoms with E-state index in [1.807, 2.05) is 30.3 Å². The summed E-state index contributed by atoms with van der Waals surface area (Å²) in [5.41, 5.74) is 4.94. The maximum absolute atomic E-state index is 10.6. The van der Waals surface area contributed by atoms with Gasteiger partial charge in [-0.3, -0.25) is 10.3 Å². The summed E-state index contributed by atoms with van der Waals surface area (Å²) in [7, 11) is 3.29. The summed E-state index contributed by atoms with van der Waals surface area (Å²) >= 11 is 3.53. The third-order valence-electron chi connectivity index (χ3n) is 5.52. The van der Waals surface area contributed by atoms with Crippen LogP contribution in [0.15, 0.2) is 70.1 Å². The van der Waals surface area contributed by atoms with Gasteiger partial charge in [0, 0.05) is 33.8 Å². The number of phenols is 1. The van der Waals surface area contributed by atoms with Gasteiger partial charge in [-0.25, -0.2) is 0 Å². The highest BCUT2D eigenvalue weighted by molar-refractivity contribution is 9.10. The molecule has 0 aromatic heterocycles. The molecule has 0 spiro atoms. The molecule has 0 saturated heterocycles. The lowest BCUT2D eigenvalue weighted by Gasteiger charge is -2.31. The van der Waals surface area contributed by atoms with E-state index < -0.39 is 0 Å². The maximum atomic E-state index is 10.6. The molecule has 1 heterocycles. The Balaban J connectivity index is 1.82. The van der Waals surface area contributed by atoms with Crippen LogP contribution in [0.4, 0.5) is 0 Å². The van der Waals surface area contributed by atoms with Crippen molar-refractivity contribution >= 4 is 21.6 Å². The second-order valence-corrected chi connectivity index (χ2v) is 8.49. The van der Waals surface area contributed by atoms with Crippen molar-refractivity contribution in [1.29, 1.82) is 0 Å². The van der Waals surface area contributed by atoms with Crippen LogP contribution < -0.4 is 14.8 Å². The number of aromatic hydroxyl groups is 1. The minimum Gasteiger partial charge on any atom is -0.508 e. The molecule has 2 atom stereocenters. The number of aryl methyl sites for hydroxylation is 1. The zero-order chi connectivity index (χ0) is 22.0. The van der Waals surface area contributed by atoms with Gasteiger partial charge >= 0.3 is 0 Å². The van der Waals surface area contributed by atoms with Crippen LogP contribution in [0.5, 0.6) is 17.2 Å². The molecular formula is C25H25BrN2O3. The third-order valence-corrected chi connectivity index (χ3v) is 6.02. The summed E-state index contributed by atoms with van der Waals surface area (Å²) in [4.78, 5) is 5.04. The molecule has 0 fully saturated rings. The highest BCUT2D eigenvalue weighted by atomic mass is 79.9. The monoisotopic (exact) mass is 480 g/mol. The predicted octanol–water partition coefficient (Wildman–Crippen LogP) is 5.70. The van der Waals surface area contributed by atoms with E-state index in [4.69, 9.17) is 14.5 Å². The first-order valence-electron chi connectivity index (χ1n) is 10.1. The first-order chi connectivity index (χ1) is 15.0. The molecule has 0 bridgehead atoms. The van der Waals surface area contributed by atoms with Crippen molar-refractivity contribution in [2.45, 2.75) is 25.6 Å². The first kappa shape index (κ1) is 21.4. The number of hydrogen-bond acceptors (Lipinski definition) is 5. The van der Waals surface area contributed by atoms with Gasteiger partial charge in [0.05, 0.1) is 14.2 Å². The molecule has 3 aromatic rings. The predicted molar refractivity (Wildman–Crippen MR) is 126 cm³/mol. The Morgan fingerprint density at radius 2 is 1.74 bits per heavy atom. The number of phenolic OH excluding ortho intramolecular Hbond substituents is 1. The zero-order valence-corrected chi connectivity index (χ0v) is 19.3. The van der Waals surface area contributed by atoms with Crippen molar-refractivity contribution in [3.05, 3.63) is 87.4 Å².